The van der Waals surface area contributed by atoms with Gasteiger partial charge in [0.25, 0.3) is 0 Å². The highest BCUT2D eigenvalue weighted by Gasteiger charge is 2.20. The van der Waals surface area contributed by atoms with Gasteiger partial charge in [0.2, 0.25) is 0 Å². The van der Waals surface area contributed by atoms with Crippen molar-refractivity contribution in [2.24, 2.45) is 0 Å². The highest BCUT2D eigenvalue weighted by molar-refractivity contribution is 6.20. The Labute approximate surface area is 303 Å². The van der Waals surface area contributed by atoms with Crippen LogP contribution in [0.1, 0.15) is 17.9 Å². The van der Waals surface area contributed by atoms with Crippen molar-refractivity contribution >= 4 is 66.1 Å². The van der Waals surface area contributed by atoms with Gasteiger partial charge in [-0.3, -0.25) is 0 Å². The summed E-state index contributed by atoms with van der Waals surface area (Å²) in [7, 11) is 0. The van der Waals surface area contributed by atoms with Gasteiger partial charge in [0.15, 0.2) is 0 Å². The second-order valence-electron chi connectivity index (χ2n) is 13.6. The van der Waals surface area contributed by atoms with Gasteiger partial charge < -0.3 is 9.47 Å². The lowest BCUT2D eigenvalue weighted by Crippen LogP contribution is -2.09. The molecule has 0 bridgehead atoms. The van der Waals surface area contributed by atoms with Gasteiger partial charge in [-0.25, -0.2) is 0 Å². The van der Waals surface area contributed by atoms with Crippen molar-refractivity contribution in [3.05, 3.63) is 206 Å². The van der Waals surface area contributed by atoms with Crippen LogP contribution in [0.2, 0.25) is 0 Å². The van der Waals surface area contributed by atoms with E-state index in [-0.39, 0.29) is 0 Å². The monoisotopic (exact) mass is 662 g/mol. The van der Waals surface area contributed by atoms with Crippen molar-refractivity contribution in [3.63, 3.8) is 0 Å². The second kappa shape index (κ2) is 12.5. The van der Waals surface area contributed by atoms with Gasteiger partial charge >= 0.3 is 0 Å². The van der Waals surface area contributed by atoms with Gasteiger partial charge in [-0.05, 0) is 99.9 Å². The van der Waals surface area contributed by atoms with E-state index in [0.29, 0.717) is 5.92 Å². The average Bonchev–Trinajstić information content (AvgIpc) is 3.57. The molecule has 0 N–H and O–H groups in total. The predicted molar refractivity (Wildman–Crippen MR) is 219 cm³/mol. The molecule has 0 saturated heterocycles. The first-order valence-electron chi connectivity index (χ1n) is 18.0. The Balaban J connectivity index is 1.11. The van der Waals surface area contributed by atoms with Gasteiger partial charge in [0, 0.05) is 39.1 Å². The molecule has 1 heterocycles. The molecule has 1 aliphatic rings. The molecule has 8 aromatic carbocycles. The summed E-state index contributed by atoms with van der Waals surface area (Å²) in [6, 6.07) is 67.7. The van der Waals surface area contributed by atoms with E-state index in [0.717, 1.165) is 23.5 Å². The van der Waals surface area contributed by atoms with E-state index in [1.165, 1.54) is 65.7 Å². The lowest BCUT2D eigenvalue weighted by molar-refractivity contribution is 0.850. The number of benzene rings is 7. The largest absolute Gasteiger partial charge is 0.309 e. The number of allylic oxidation sites excluding steroid dienone is 4. The van der Waals surface area contributed by atoms with Crippen LogP contribution in [0.4, 0.5) is 17.1 Å². The van der Waals surface area contributed by atoms with Crippen LogP contribution in [0, 0.1) is 12.1 Å². The summed E-state index contributed by atoms with van der Waals surface area (Å²) in [4.78, 5) is 2.29. The topological polar surface area (TPSA) is 8.17 Å². The van der Waals surface area contributed by atoms with Crippen LogP contribution in [-0.2, 0) is 0 Å². The Morgan fingerprint density at radius 3 is 2.13 bits per heavy atom. The molecule has 2 heteroatoms. The van der Waals surface area contributed by atoms with Gasteiger partial charge in [-0.1, -0.05) is 140 Å². The first kappa shape index (κ1) is 30.0. The standard InChI is InChI=1S/C50H34N2/c1-3-11-35(12-4-1)37-21-29-44(30-22-37)52-49-18-10-9-17-46(49)47-32-26-39-25-31-45(34-48(39)50(47)52)51(42-15-5-2-6-16-42)43-27-23-38(24-28-43)41-20-19-36-13-7-8-14-40(36)33-41/h1-5,7-15,17-21,23-34,37H,22H2. The van der Waals surface area contributed by atoms with E-state index in [2.05, 4.69) is 198 Å². The predicted octanol–water partition coefficient (Wildman–Crippen LogP) is 13.4. The molecule has 244 valence electrons. The number of rotatable bonds is 6. The van der Waals surface area contributed by atoms with Gasteiger partial charge in [0.05, 0.1) is 16.7 Å². The van der Waals surface area contributed by atoms with E-state index in [1.54, 1.807) is 0 Å². The molecule has 1 aromatic heterocycles. The third kappa shape index (κ3) is 5.15. The van der Waals surface area contributed by atoms with Crippen molar-refractivity contribution in [3.8, 4) is 11.1 Å². The Morgan fingerprint density at radius 2 is 1.31 bits per heavy atom. The summed E-state index contributed by atoms with van der Waals surface area (Å²) in [5.74, 6) is 0.376. The molecule has 1 atom stereocenters. The highest BCUT2D eigenvalue weighted by Crippen LogP contribution is 2.42. The van der Waals surface area contributed by atoms with Crippen LogP contribution in [-0.4, -0.2) is 4.57 Å². The molecule has 0 amide bonds. The molecule has 1 aliphatic carbocycles. The quantitative estimate of drug-likeness (QED) is 0.172. The summed E-state index contributed by atoms with van der Waals surface area (Å²) < 4.78 is 2.47. The van der Waals surface area contributed by atoms with Crippen LogP contribution >= 0.6 is 0 Å². The third-order valence-corrected chi connectivity index (χ3v) is 10.5. The zero-order valence-electron chi connectivity index (χ0n) is 28.6. The van der Waals surface area contributed by atoms with Crippen LogP contribution in [0.5, 0.6) is 0 Å². The average molecular weight is 663 g/mol. The minimum Gasteiger partial charge on any atom is -0.309 e. The summed E-state index contributed by atoms with van der Waals surface area (Å²) in [5.41, 5.74) is 10.5. The van der Waals surface area contributed by atoms with E-state index in [1.807, 2.05) is 12.1 Å². The van der Waals surface area contributed by atoms with Crippen molar-refractivity contribution in [1.82, 2.24) is 4.57 Å². The maximum Gasteiger partial charge on any atom is 0.0973 e. The van der Waals surface area contributed by atoms with E-state index >= 15 is 0 Å². The Kier molecular flexibility index (Phi) is 7.22. The van der Waals surface area contributed by atoms with E-state index in [4.69, 9.17) is 0 Å². The molecular formula is C50H34N2. The van der Waals surface area contributed by atoms with Crippen molar-refractivity contribution in [1.29, 1.82) is 0 Å². The van der Waals surface area contributed by atoms with E-state index < -0.39 is 0 Å². The summed E-state index contributed by atoms with van der Waals surface area (Å²) in [6.07, 6.45) is 8.05. The molecule has 2 nitrogen and oxygen atoms in total. The van der Waals surface area contributed by atoms with Crippen molar-refractivity contribution in [2.45, 2.75) is 12.3 Å². The molecule has 9 aromatic rings. The molecule has 1 unspecified atom stereocenters. The van der Waals surface area contributed by atoms with Crippen LogP contribution in [0.15, 0.2) is 188 Å². The fourth-order valence-electron chi connectivity index (χ4n) is 7.97. The number of nitrogens with zero attached hydrogens (tertiary/aromatic N) is 2. The van der Waals surface area contributed by atoms with Gasteiger partial charge in [-0.2, -0.15) is 0 Å². The lowest BCUT2D eigenvalue weighted by Gasteiger charge is -2.25. The maximum atomic E-state index is 3.40. The SMILES string of the molecule is c1cccc(N(c2ccc(-c3ccc4ccccc4c3)cc2)c2ccc3ccc4c5ccccc5n(C5=CCC(c6ccccc6)C=C5)c4c3c2)c#1. The Morgan fingerprint density at radius 1 is 0.558 bits per heavy atom. The normalized spacial score (nSPS) is 14.2. The molecular weight excluding hydrogens is 629 g/mol. The van der Waals surface area contributed by atoms with Gasteiger partial charge in [-0.15, -0.1) is 0 Å². The molecule has 0 aliphatic heterocycles. The number of anilines is 3. The lowest BCUT2D eigenvalue weighted by atomic mass is 9.91. The second-order valence-corrected chi connectivity index (χ2v) is 13.6. The number of para-hydroxylation sites is 1. The van der Waals surface area contributed by atoms with Gasteiger partial charge in [0.1, 0.15) is 0 Å². The van der Waals surface area contributed by atoms with Crippen molar-refractivity contribution < 1.29 is 0 Å². The zero-order valence-corrected chi connectivity index (χ0v) is 28.6. The van der Waals surface area contributed by atoms with E-state index in [9.17, 15) is 0 Å². The third-order valence-electron chi connectivity index (χ3n) is 10.5. The van der Waals surface area contributed by atoms with Crippen LogP contribution in [0.3, 0.4) is 0 Å². The van der Waals surface area contributed by atoms with Crippen molar-refractivity contribution in [2.75, 3.05) is 4.90 Å². The minimum absolute atomic E-state index is 0.376. The number of hydrogen-bond acceptors (Lipinski definition) is 1. The van der Waals surface area contributed by atoms with Crippen LogP contribution in [0.25, 0.3) is 60.2 Å². The van der Waals surface area contributed by atoms with Crippen LogP contribution < -0.4 is 4.90 Å². The molecule has 0 saturated carbocycles. The first-order chi connectivity index (χ1) is 25.8. The molecule has 0 fully saturated rings. The maximum absolute atomic E-state index is 3.40. The number of aromatic nitrogens is 1. The number of fused-ring (bicyclic) bond motifs is 6. The summed E-state index contributed by atoms with van der Waals surface area (Å²) in [5, 5.41) is 7.43. The highest BCUT2D eigenvalue weighted by atomic mass is 15.1. The minimum atomic E-state index is 0.376. The fraction of sp³-hybridized carbons (Fsp3) is 0.0400. The molecule has 52 heavy (non-hydrogen) atoms. The molecule has 0 radical (unpaired) electrons. The molecule has 10 rings (SSSR count). The smallest absolute Gasteiger partial charge is 0.0973 e. The Bertz CT molecular complexity index is 2810. The fourth-order valence-corrected chi connectivity index (χ4v) is 7.97. The Hall–Kier alpha value is -6.82. The summed E-state index contributed by atoms with van der Waals surface area (Å²) >= 11 is 0. The summed E-state index contributed by atoms with van der Waals surface area (Å²) in [6.45, 7) is 0. The molecule has 0 spiro atoms. The zero-order chi connectivity index (χ0) is 34.4. The first-order valence-corrected chi connectivity index (χ1v) is 18.0. The number of hydrogen-bond donors (Lipinski definition) is 0.